The van der Waals surface area contributed by atoms with Gasteiger partial charge in [0.05, 0.1) is 24.6 Å². The van der Waals surface area contributed by atoms with Gasteiger partial charge in [-0.05, 0) is 73.6 Å². The number of carbonyl (C=O) groups excluding carboxylic acids is 2. The van der Waals surface area contributed by atoms with E-state index in [0.717, 1.165) is 33.5 Å². The Hall–Kier alpha value is -5.12. The number of nitrogens with zero attached hydrogens (tertiary/aromatic N) is 3. The number of aliphatic hydroxyl groups is 1. The third-order valence-electron chi connectivity index (χ3n) is 9.13. The molecule has 2 heterocycles. The molecule has 0 aliphatic carbocycles. The molecule has 2 amide bonds. The van der Waals surface area contributed by atoms with Gasteiger partial charge in [0.2, 0.25) is 5.91 Å². The highest BCUT2D eigenvalue weighted by Gasteiger charge is 2.33. The van der Waals surface area contributed by atoms with Crippen molar-refractivity contribution in [2.24, 2.45) is 13.0 Å². The molecule has 0 fully saturated rings. The Morgan fingerprint density at radius 2 is 1.73 bits per heavy atom. The highest BCUT2D eigenvalue weighted by atomic mass is 16.5. The van der Waals surface area contributed by atoms with Gasteiger partial charge in [-0.1, -0.05) is 55.5 Å². The quantitative estimate of drug-likeness (QED) is 0.168. The summed E-state index contributed by atoms with van der Waals surface area (Å²) in [5, 5.41) is 14.1. The molecule has 0 unspecified atom stereocenters. The summed E-state index contributed by atoms with van der Waals surface area (Å²) in [6, 6.07) is 30.6. The maximum absolute atomic E-state index is 13.9. The fraction of sp³-hybridized carbons (Fsp3) is 0.300. The molecule has 0 saturated heterocycles. The molecule has 1 aromatic heterocycles. The zero-order valence-electron chi connectivity index (χ0n) is 28.5. The number of hydrogen-bond acceptors (Lipinski definition) is 6. The van der Waals surface area contributed by atoms with Crippen LogP contribution in [-0.2, 0) is 24.8 Å². The Kier molecular flexibility index (Phi) is 10.3. The highest BCUT2D eigenvalue weighted by Crippen LogP contribution is 2.31. The molecular formula is C40H44N4O5. The van der Waals surface area contributed by atoms with Gasteiger partial charge in [0.15, 0.2) is 0 Å². The van der Waals surface area contributed by atoms with E-state index in [-0.39, 0.29) is 42.9 Å². The van der Waals surface area contributed by atoms with Gasteiger partial charge in [-0.3, -0.25) is 14.5 Å². The van der Waals surface area contributed by atoms with Crippen molar-refractivity contribution >= 4 is 28.4 Å². The summed E-state index contributed by atoms with van der Waals surface area (Å²) in [6.45, 7) is 5.48. The SMILES string of the molecule is C[C@H](CO)N1C[C@H](C)[C@@H](CN(C)Cc2ccc(Oc3ccccc3)cc2)Oc2ccc(NC(=O)Cc3cn(C)c4ccccc34)cc2C1=O. The summed E-state index contributed by atoms with van der Waals surface area (Å²) in [5.41, 5.74) is 4.00. The summed E-state index contributed by atoms with van der Waals surface area (Å²) < 4.78 is 14.6. The minimum Gasteiger partial charge on any atom is -0.488 e. The lowest BCUT2D eigenvalue weighted by Crippen LogP contribution is -2.49. The van der Waals surface area contributed by atoms with Crippen LogP contribution in [0.4, 0.5) is 5.69 Å². The number of anilines is 1. The van der Waals surface area contributed by atoms with E-state index >= 15 is 0 Å². The number of amides is 2. The first-order valence-corrected chi connectivity index (χ1v) is 16.7. The van der Waals surface area contributed by atoms with Crippen LogP contribution in [0.2, 0.25) is 0 Å². The average Bonchev–Trinajstić information content (AvgIpc) is 3.41. The first-order chi connectivity index (χ1) is 23.7. The maximum Gasteiger partial charge on any atom is 0.258 e. The minimum atomic E-state index is -0.388. The zero-order valence-corrected chi connectivity index (χ0v) is 28.5. The Morgan fingerprint density at radius 3 is 2.49 bits per heavy atom. The smallest absolute Gasteiger partial charge is 0.258 e. The largest absolute Gasteiger partial charge is 0.488 e. The van der Waals surface area contributed by atoms with Crippen LogP contribution < -0.4 is 14.8 Å². The van der Waals surface area contributed by atoms with Crippen LogP contribution >= 0.6 is 0 Å². The van der Waals surface area contributed by atoms with Crippen LogP contribution in [0.5, 0.6) is 17.2 Å². The standard InChI is InChI=1S/C40H44N4O5/c1-27-22-44(28(2)26-45)40(47)35-21-31(41-39(46)20-30-24-43(4)36-13-9-8-12-34(30)36)16-19-37(35)49-38(27)25-42(3)23-29-14-17-33(18-15-29)48-32-10-6-5-7-11-32/h5-19,21,24,27-28,38,45H,20,22-23,25-26H2,1-4H3,(H,41,46)/t27-,28+,38+/m0/s1. The second-order valence-corrected chi connectivity index (χ2v) is 13.1. The van der Waals surface area contributed by atoms with Gasteiger partial charge in [0.1, 0.15) is 23.4 Å². The van der Waals surface area contributed by atoms with Crippen LogP contribution in [0.1, 0.15) is 35.3 Å². The van der Waals surface area contributed by atoms with Crippen molar-refractivity contribution in [2.75, 3.05) is 32.1 Å². The number of aryl methyl sites for hydroxylation is 1. The predicted octanol–water partition coefficient (Wildman–Crippen LogP) is 6.50. The fourth-order valence-electron chi connectivity index (χ4n) is 6.43. The second-order valence-electron chi connectivity index (χ2n) is 13.1. The number of rotatable bonds is 11. The van der Waals surface area contributed by atoms with Crippen LogP contribution in [0.15, 0.2) is 103 Å². The number of hydrogen-bond donors (Lipinski definition) is 2. The van der Waals surface area contributed by atoms with Crippen molar-refractivity contribution in [3.05, 3.63) is 120 Å². The van der Waals surface area contributed by atoms with Gasteiger partial charge in [-0.2, -0.15) is 0 Å². The molecule has 0 saturated carbocycles. The number of para-hydroxylation sites is 2. The third-order valence-corrected chi connectivity index (χ3v) is 9.13. The third kappa shape index (κ3) is 7.96. The van der Waals surface area contributed by atoms with Crippen LogP contribution in [0, 0.1) is 5.92 Å². The summed E-state index contributed by atoms with van der Waals surface area (Å²) in [4.78, 5) is 31.0. The lowest BCUT2D eigenvalue weighted by Gasteiger charge is -2.38. The van der Waals surface area contributed by atoms with Crippen molar-refractivity contribution in [1.29, 1.82) is 0 Å². The van der Waals surface area contributed by atoms with E-state index in [4.69, 9.17) is 9.47 Å². The lowest BCUT2D eigenvalue weighted by molar-refractivity contribution is -0.115. The zero-order chi connectivity index (χ0) is 34.5. The van der Waals surface area contributed by atoms with Crippen LogP contribution in [-0.4, -0.2) is 70.2 Å². The molecule has 9 nitrogen and oxygen atoms in total. The minimum absolute atomic E-state index is 0.0183. The van der Waals surface area contributed by atoms with Gasteiger partial charge in [0, 0.05) is 55.4 Å². The first-order valence-electron chi connectivity index (χ1n) is 16.7. The van der Waals surface area contributed by atoms with E-state index in [1.165, 1.54) is 0 Å². The molecule has 1 aliphatic heterocycles. The number of aliphatic hydroxyl groups excluding tert-OH is 1. The fourth-order valence-corrected chi connectivity index (χ4v) is 6.43. The number of nitrogens with one attached hydrogen (secondary N) is 1. The van der Waals surface area contributed by atoms with Crippen LogP contribution in [0.25, 0.3) is 10.9 Å². The monoisotopic (exact) mass is 660 g/mol. The molecule has 4 aromatic carbocycles. The molecule has 9 heteroatoms. The second kappa shape index (κ2) is 15.0. The van der Waals surface area contributed by atoms with Gasteiger partial charge in [0.25, 0.3) is 5.91 Å². The van der Waals surface area contributed by atoms with Crippen molar-refractivity contribution in [3.63, 3.8) is 0 Å². The first kappa shape index (κ1) is 33.8. The van der Waals surface area contributed by atoms with Gasteiger partial charge in [-0.25, -0.2) is 0 Å². The molecule has 0 radical (unpaired) electrons. The van der Waals surface area contributed by atoms with E-state index in [9.17, 15) is 14.7 Å². The van der Waals surface area contributed by atoms with E-state index in [1.807, 2.05) is 91.5 Å². The summed E-state index contributed by atoms with van der Waals surface area (Å²) in [5.74, 6) is 1.59. The van der Waals surface area contributed by atoms with Gasteiger partial charge >= 0.3 is 0 Å². The number of benzene rings is 4. The topological polar surface area (TPSA) is 96.3 Å². The number of aromatic nitrogens is 1. The van der Waals surface area contributed by atoms with Gasteiger partial charge in [-0.15, -0.1) is 0 Å². The molecule has 0 spiro atoms. The van der Waals surface area contributed by atoms with Gasteiger partial charge < -0.3 is 29.4 Å². The maximum atomic E-state index is 13.9. The van der Waals surface area contributed by atoms with E-state index in [1.54, 1.807) is 23.1 Å². The molecule has 6 rings (SSSR count). The molecule has 2 N–H and O–H groups in total. The Balaban J connectivity index is 1.16. The van der Waals surface area contributed by atoms with E-state index in [0.29, 0.717) is 36.6 Å². The molecule has 5 aromatic rings. The molecule has 3 atom stereocenters. The number of fused-ring (bicyclic) bond motifs is 2. The summed E-state index contributed by atoms with van der Waals surface area (Å²) in [6.07, 6.45) is 1.94. The van der Waals surface area contributed by atoms with Crippen molar-refractivity contribution < 1.29 is 24.2 Å². The van der Waals surface area contributed by atoms with Crippen molar-refractivity contribution in [1.82, 2.24) is 14.4 Å². The highest BCUT2D eigenvalue weighted by molar-refractivity contribution is 6.00. The summed E-state index contributed by atoms with van der Waals surface area (Å²) in [7, 11) is 4.02. The molecule has 49 heavy (non-hydrogen) atoms. The summed E-state index contributed by atoms with van der Waals surface area (Å²) >= 11 is 0. The number of carbonyl (C=O) groups is 2. The van der Waals surface area contributed by atoms with E-state index in [2.05, 4.69) is 36.3 Å². The van der Waals surface area contributed by atoms with E-state index < -0.39 is 0 Å². The van der Waals surface area contributed by atoms with Crippen molar-refractivity contribution in [2.45, 2.75) is 39.0 Å². The number of ether oxygens (including phenoxy) is 2. The molecule has 0 bridgehead atoms. The lowest BCUT2D eigenvalue weighted by atomic mass is 9.99. The van der Waals surface area contributed by atoms with Crippen LogP contribution in [0.3, 0.4) is 0 Å². The Morgan fingerprint density at radius 1 is 1.02 bits per heavy atom. The number of likely N-dealkylation sites (N-methyl/N-ethyl adjacent to an activating group) is 1. The van der Waals surface area contributed by atoms with Crippen molar-refractivity contribution in [3.8, 4) is 17.2 Å². The molecule has 254 valence electrons. The Labute approximate surface area is 287 Å². The average molecular weight is 661 g/mol. The molecule has 1 aliphatic rings. The molecular weight excluding hydrogens is 616 g/mol. The predicted molar refractivity (Wildman–Crippen MR) is 192 cm³/mol. The normalized spacial score (nSPS) is 16.9. The Bertz CT molecular complexity index is 1910.